The Morgan fingerprint density at radius 2 is 1.73 bits per heavy atom. The fourth-order valence-electron chi connectivity index (χ4n) is 0.592. The van der Waals surface area contributed by atoms with Gasteiger partial charge in [0.15, 0.2) is 0 Å². The van der Waals surface area contributed by atoms with Crippen LogP contribution in [0.1, 0.15) is 34.1 Å². The Morgan fingerprint density at radius 3 is 2.18 bits per heavy atom. The monoisotopic (exact) mass is 159 g/mol. The molecular formula is C9H21NO. The van der Waals surface area contributed by atoms with Crippen molar-refractivity contribution >= 4 is 0 Å². The molecule has 0 saturated heterocycles. The maximum absolute atomic E-state index is 5.21. The van der Waals surface area contributed by atoms with Crippen LogP contribution in [0.25, 0.3) is 0 Å². The molecule has 2 heteroatoms. The van der Waals surface area contributed by atoms with Crippen molar-refractivity contribution in [3.63, 3.8) is 0 Å². The maximum Gasteiger partial charge on any atom is 0.0684 e. The van der Waals surface area contributed by atoms with Gasteiger partial charge < -0.3 is 4.84 Å². The van der Waals surface area contributed by atoms with Gasteiger partial charge in [-0.05, 0) is 18.3 Å². The summed E-state index contributed by atoms with van der Waals surface area (Å²) in [4.78, 5) is 5.21. The van der Waals surface area contributed by atoms with Crippen LogP contribution in [0.2, 0.25) is 0 Å². The average Bonchev–Trinajstić information content (AvgIpc) is 1.85. The fraction of sp³-hybridized carbons (Fsp3) is 1.00. The van der Waals surface area contributed by atoms with E-state index < -0.39 is 0 Å². The Balaban J connectivity index is 2.91. The van der Waals surface area contributed by atoms with Crippen molar-refractivity contribution in [1.29, 1.82) is 0 Å². The van der Waals surface area contributed by atoms with Crippen LogP contribution in [-0.4, -0.2) is 13.2 Å². The van der Waals surface area contributed by atoms with Crippen molar-refractivity contribution in [3.8, 4) is 0 Å². The van der Waals surface area contributed by atoms with Gasteiger partial charge in [-0.15, -0.1) is 0 Å². The molecule has 0 aliphatic carbocycles. The highest BCUT2D eigenvalue weighted by Crippen LogP contribution is 1.97. The fourth-order valence-corrected chi connectivity index (χ4v) is 0.592. The lowest BCUT2D eigenvalue weighted by Crippen LogP contribution is -2.21. The molecule has 0 aliphatic rings. The van der Waals surface area contributed by atoms with Crippen LogP contribution in [0.3, 0.4) is 0 Å². The van der Waals surface area contributed by atoms with Crippen molar-refractivity contribution in [2.75, 3.05) is 13.2 Å². The molecule has 11 heavy (non-hydrogen) atoms. The van der Waals surface area contributed by atoms with Gasteiger partial charge in [0.25, 0.3) is 0 Å². The third-order valence-corrected chi connectivity index (χ3v) is 1.39. The van der Waals surface area contributed by atoms with Gasteiger partial charge in [0, 0.05) is 6.54 Å². The van der Waals surface area contributed by atoms with E-state index in [9.17, 15) is 0 Å². The predicted octanol–water partition coefficient (Wildman–Crippen LogP) is 2.21. The molecule has 2 nitrogen and oxygen atoms in total. The molecule has 0 bridgehead atoms. The van der Waals surface area contributed by atoms with Crippen molar-refractivity contribution in [2.24, 2.45) is 11.8 Å². The topological polar surface area (TPSA) is 21.3 Å². The molecule has 0 aromatic rings. The van der Waals surface area contributed by atoms with E-state index in [0.717, 1.165) is 25.5 Å². The first-order valence-electron chi connectivity index (χ1n) is 4.47. The maximum atomic E-state index is 5.21. The second-order valence-corrected chi connectivity index (χ2v) is 3.77. The van der Waals surface area contributed by atoms with E-state index >= 15 is 0 Å². The molecule has 0 fully saturated rings. The Morgan fingerprint density at radius 1 is 1.09 bits per heavy atom. The largest absolute Gasteiger partial charge is 0.302 e. The summed E-state index contributed by atoms with van der Waals surface area (Å²) in [5, 5.41) is 0. The molecule has 0 amide bonds. The van der Waals surface area contributed by atoms with E-state index in [1.165, 1.54) is 0 Å². The summed E-state index contributed by atoms with van der Waals surface area (Å²) in [5.74, 6) is 1.39. The summed E-state index contributed by atoms with van der Waals surface area (Å²) >= 11 is 0. The van der Waals surface area contributed by atoms with E-state index in [0.29, 0.717) is 5.92 Å². The third kappa shape index (κ3) is 9.92. The Hall–Kier alpha value is -0.0800. The number of nitrogens with one attached hydrogen (secondary N) is 1. The lowest BCUT2D eigenvalue weighted by Gasteiger charge is -2.08. The van der Waals surface area contributed by atoms with Crippen LogP contribution in [-0.2, 0) is 4.84 Å². The van der Waals surface area contributed by atoms with Gasteiger partial charge in [0.05, 0.1) is 6.61 Å². The summed E-state index contributed by atoms with van der Waals surface area (Å²) in [6.07, 6.45) is 1.13. The van der Waals surface area contributed by atoms with Crippen molar-refractivity contribution in [3.05, 3.63) is 0 Å². The Labute approximate surface area is 70.3 Å². The van der Waals surface area contributed by atoms with Crippen LogP contribution in [0.15, 0.2) is 0 Å². The molecule has 68 valence electrons. The molecule has 0 aromatic heterocycles. The van der Waals surface area contributed by atoms with Crippen LogP contribution in [0.5, 0.6) is 0 Å². The van der Waals surface area contributed by atoms with Gasteiger partial charge in [0.1, 0.15) is 0 Å². The Kier molecular flexibility index (Phi) is 6.57. The third-order valence-electron chi connectivity index (χ3n) is 1.39. The predicted molar refractivity (Wildman–Crippen MR) is 48.2 cm³/mol. The highest BCUT2D eigenvalue weighted by Gasteiger charge is 1.94. The molecule has 0 saturated carbocycles. The van der Waals surface area contributed by atoms with Gasteiger partial charge in [-0.25, -0.2) is 5.48 Å². The van der Waals surface area contributed by atoms with E-state index in [4.69, 9.17) is 4.84 Å². The minimum absolute atomic E-state index is 0.661. The van der Waals surface area contributed by atoms with Gasteiger partial charge in [-0.1, -0.05) is 27.7 Å². The summed E-state index contributed by atoms with van der Waals surface area (Å²) < 4.78 is 0. The first-order valence-corrected chi connectivity index (χ1v) is 4.47. The quantitative estimate of drug-likeness (QED) is 0.474. The number of rotatable bonds is 6. The second-order valence-electron chi connectivity index (χ2n) is 3.77. The molecule has 0 atom stereocenters. The van der Waals surface area contributed by atoms with Gasteiger partial charge >= 0.3 is 0 Å². The molecule has 0 rings (SSSR count). The lowest BCUT2D eigenvalue weighted by atomic mass is 10.1. The SMILES string of the molecule is CC(C)CCONCC(C)C. The van der Waals surface area contributed by atoms with E-state index in [1.54, 1.807) is 0 Å². The van der Waals surface area contributed by atoms with Crippen molar-refractivity contribution < 1.29 is 4.84 Å². The van der Waals surface area contributed by atoms with Gasteiger partial charge in [0.2, 0.25) is 0 Å². The Bertz CT molecular complexity index is 71.6. The highest BCUT2D eigenvalue weighted by atomic mass is 16.6. The normalized spacial score (nSPS) is 11.5. The van der Waals surface area contributed by atoms with Crippen molar-refractivity contribution in [2.45, 2.75) is 34.1 Å². The minimum atomic E-state index is 0.661. The second kappa shape index (κ2) is 6.62. The summed E-state index contributed by atoms with van der Waals surface area (Å²) in [6, 6.07) is 0. The highest BCUT2D eigenvalue weighted by molar-refractivity contribution is 4.44. The zero-order chi connectivity index (χ0) is 8.69. The van der Waals surface area contributed by atoms with Crippen LogP contribution in [0, 0.1) is 11.8 Å². The minimum Gasteiger partial charge on any atom is -0.302 e. The van der Waals surface area contributed by atoms with E-state index in [-0.39, 0.29) is 0 Å². The molecule has 0 aliphatic heterocycles. The molecule has 0 unspecified atom stereocenters. The molecule has 0 spiro atoms. The van der Waals surface area contributed by atoms with Crippen molar-refractivity contribution in [1.82, 2.24) is 5.48 Å². The van der Waals surface area contributed by atoms with Crippen LogP contribution < -0.4 is 5.48 Å². The zero-order valence-electron chi connectivity index (χ0n) is 8.18. The van der Waals surface area contributed by atoms with Gasteiger partial charge in [-0.3, -0.25) is 0 Å². The average molecular weight is 159 g/mol. The standard InChI is InChI=1S/C9H21NO/c1-8(2)5-6-11-10-7-9(3)4/h8-10H,5-7H2,1-4H3. The molecule has 0 radical (unpaired) electrons. The first-order chi connectivity index (χ1) is 5.13. The summed E-state index contributed by atoms with van der Waals surface area (Å²) in [6.45, 7) is 10.5. The van der Waals surface area contributed by atoms with E-state index in [2.05, 4.69) is 33.2 Å². The van der Waals surface area contributed by atoms with E-state index in [1.807, 2.05) is 0 Å². The number of hydroxylamine groups is 1. The zero-order valence-corrected chi connectivity index (χ0v) is 8.18. The van der Waals surface area contributed by atoms with Crippen LogP contribution >= 0.6 is 0 Å². The molecule has 1 N–H and O–H groups in total. The number of hydrogen-bond donors (Lipinski definition) is 1. The van der Waals surface area contributed by atoms with Gasteiger partial charge in [-0.2, -0.15) is 0 Å². The summed E-state index contributed by atoms with van der Waals surface area (Å²) in [7, 11) is 0. The molecular weight excluding hydrogens is 138 g/mol. The van der Waals surface area contributed by atoms with Crippen LogP contribution in [0.4, 0.5) is 0 Å². The molecule has 0 aromatic carbocycles. The lowest BCUT2D eigenvalue weighted by molar-refractivity contribution is 0.0286. The molecule has 0 heterocycles. The smallest absolute Gasteiger partial charge is 0.0684 e. The number of hydrogen-bond acceptors (Lipinski definition) is 2. The summed E-state index contributed by atoms with van der Waals surface area (Å²) in [5.41, 5.74) is 2.94. The first kappa shape index (κ1) is 10.9.